The van der Waals surface area contributed by atoms with Gasteiger partial charge in [0, 0.05) is 43.1 Å². The molecule has 0 radical (unpaired) electrons. The van der Waals surface area contributed by atoms with E-state index in [0.29, 0.717) is 0 Å². The van der Waals surface area contributed by atoms with Crippen LogP contribution in [0.3, 0.4) is 0 Å². The number of hydrogen-bond donors (Lipinski definition) is 2. The summed E-state index contributed by atoms with van der Waals surface area (Å²) >= 11 is 0. The van der Waals surface area contributed by atoms with Gasteiger partial charge in [0.25, 0.3) is 5.56 Å². The van der Waals surface area contributed by atoms with Crippen molar-refractivity contribution < 1.29 is 4.74 Å². The van der Waals surface area contributed by atoms with E-state index in [9.17, 15) is 4.79 Å². The molecule has 1 aromatic heterocycles. The molecule has 0 bridgehead atoms. The van der Waals surface area contributed by atoms with E-state index >= 15 is 0 Å². The minimum Gasteiger partial charge on any atom is -0.497 e. The summed E-state index contributed by atoms with van der Waals surface area (Å²) in [6.07, 6.45) is 12.1. The third kappa shape index (κ3) is 3.13. The molecule has 7 nitrogen and oxygen atoms in total. The number of benzene rings is 1. The number of nitrogens with zero attached hydrogens (tertiary/aromatic N) is 3. The summed E-state index contributed by atoms with van der Waals surface area (Å²) < 4.78 is 7.09. The summed E-state index contributed by atoms with van der Waals surface area (Å²) in [6, 6.07) is 8.22. The van der Waals surface area contributed by atoms with E-state index in [2.05, 4.69) is 38.4 Å². The van der Waals surface area contributed by atoms with Gasteiger partial charge < -0.3 is 15.0 Å². The molecule has 2 aliphatic heterocycles. The van der Waals surface area contributed by atoms with E-state index < -0.39 is 5.79 Å². The number of anilines is 1. The van der Waals surface area contributed by atoms with Gasteiger partial charge in [-0.25, -0.2) is 4.68 Å². The van der Waals surface area contributed by atoms with Crippen LogP contribution in [0.1, 0.15) is 24.1 Å². The third-order valence-electron chi connectivity index (χ3n) is 6.55. The van der Waals surface area contributed by atoms with Crippen molar-refractivity contribution in [1.29, 1.82) is 0 Å². The van der Waals surface area contributed by atoms with Crippen molar-refractivity contribution in [2.24, 2.45) is 0 Å². The summed E-state index contributed by atoms with van der Waals surface area (Å²) in [5.41, 5.74) is 3.37. The standard InChI is InChI=1S/C23H29N5O2/c1-30-19-10-8-18(9-11-19)26-14-16-27(17-15-26)23(12-4-5-13-24-23)28-22(29)20-6-2-3-7-21(20)25-28/h4-5,8-13,24-25H,2-3,6-7,14-17H2,1H3. The number of piperazine rings is 1. The van der Waals surface area contributed by atoms with Crippen molar-refractivity contribution in [2.45, 2.75) is 31.5 Å². The lowest BCUT2D eigenvalue weighted by Crippen LogP contribution is -2.65. The molecule has 30 heavy (non-hydrogen) atoms. The quantitative estimate of drug-likeness (QED) is 0.813. The van der Waals surface area contributed by atoms with Crippen molar-refractivity contribution in [1.82, 2.24) is 20.0 Å². The molecular weight excluding hydrogens is 378 g/mol. The van der Waals surface area contributed by atoms with Gasteiger partial charge in [-0.15, -0.1) is 0 Å². The first kappa shape index (κ1) is 19.1. The molecule has 7 heteroatoms. The normalized spacial score (nSPS) is 23.8. The van der Waals surface area contributed by atoms with Crippen LogP contribution in [0.4, 0.5) is 5.69 Å². The molecule has 0 amide bonds. The molecule has 158 valence electrons. The molecule has 5 rings (SSSR count). The fourth-order valence-electron chi connectivity index (χ4n) is 4.87. The van der Waals surface area contributed by atoms with Gasteiger partial charge in [-0.1, -0.05) is 6.08 Å². The highest BCUT2D eigenvalue weighted by molar-refractivity contribution is 5.49. The van der Waals surface area contributed by atoms with E-state index in [1.807, 2.05) is 35.2 Å². The average Bonchev–Trinajstić information content (AvgIpc) is 3.17. The number of hydrogen-bond acceptors (Lipinski definition) is 5. The molecule has 1 aromatic carbocycles. The first-order valence-corrected chi connectivity index (χ1v) is 10.8. The summed E-state index contributed by atoms with van der Waals surface area (Å²) in [6.45, 7) is 3.46. The Morgan fingerprint density at radius 2 is 1.77 bits per heavy atom. The molecule has 0 saturated carbocycles. The van der Waals surface area contributed by atoms with E-state index in [0.717, 1.165) is 68.9 Å². The minimum absolute atomic E-state index is 0.106. The van der Waals surface area contributed by atoms with Crippen LogP contribution in [0.5, 0.6) is 5.75 Å². The van der Waals surface area contributed by atoms with Gasteiger partial charge >= 0.3 is 0 Å². The number of dihydropyridines is 1. The molecule has 3 heterocycles. The van der Waals surface area contributed by atoms with Gasteiger partial charge in [-0.2, -0.15) is 0 Å². The van der Waals surface area contributed by atoms with Gasteiger partial charge in [-0.05, 0) is 68.3 Å². The van der Waals surface area contributed by atoms with Crippen LogP contribution >= 0.6 is 0 Å². The van der Waals surface area contributed by atoms with E-state index in [-0.39, 0.29) is 5.56 Å². The number of allylic oxidation sites excluding steroid dienone is 2. The first-order chi connectivity index (χ1) is 14.7. The number of H-pyrrole nitrogens is 1. The monoisotopic (exact) mass is 407 g/mol. The van der Waals surface area contributed by atoms with Crippen LogP contribution in [0.25, 0.3) is 0 Å². The van der Waals surface area contributed by atoms with Crippen molar-refractivity contribution in [3.8, 4) is 5.75 Å². The zero-order chi connectivity index (χ0) is 20.6. The largest absolute Gasteiger partial charge is 0.497 e. The Bertz CT molecular complexity index is 1010. The first-order valence-electron chi connectivity index (χ1n) is 10.8. The summed E-state index contributed by atoms with van der Waals surface area (Å²) in [7, 11) is 1.69. The van der Waals surface area contributed by atoms with Gasteiger partial charge in [0.05, 0.1) is 7.11 Å². The fourth-order valence-corrected chi connectivity index (χ4v) is 4.87. The highest BCUT2D eigenvalue weighted by Crippen LogP contribution is 2.27. The van der Waals surface area contributed by atoms with Gasteiger partial charge in [0.15, 0.2) is 0 Å². The fraction of sp³-hybridized carbons (Fsp3) is 0.435. The molecule has 3 aliphatic rings. The Labute approximate surface area is 176 Å². The molecule has 0 spiro atoms. The zero-order valence-electron chi connectivity index (χ0n) is 17.4. The number of rotatable bonds is 4. The predicted octanol–water partition coefficient (Wildman–Crippen LogP) is 2.17. The number of methoxy groups -OCH3 is 1. The van der Waals surface area contributed by atoms with Gasteiger partial charge in [0.1, 0.15) is 5.75 Å². The third-order valence-corrected chi connectivity index (χ3v) is 6.55. The second-order valence-electron chi connectivity index (χ2n) is 8.18. The molecular formula is C23H29N5O2. The highest BCUT2D eigenvalue weighted by Gasteiger charge is 2.41. The topological polar surface area (TPSA) is 65.5 Å². The number of aryl methyl sites for hydroxylation is 1. The van der Waals surface area contributed by atoms with Crippen LogP contribution < -0.4 is 20.5 Å². The maximum atomic E-state index is 13.3. The molecule has 1 aliphatic carbocycles. The van der Waals surface area contributed by atoms with E-state index in [1.54, 1.807) is 7.11 Å². The highest BCUT2D eigenvalue weighted by atomic mass is 16.5. The second-order valence-corrected chi connectivity index (χ2v) is 8.18. The van der Waals surface area contributed by atoms with Crippen molar-refractivity contribution >= 4 is 5.69 Å². The van der Waals surface area contributed by atoms with Gasteiger partial charge in [-0.3, -0.25) is 14.8 Å². The lowest BCUT2D eigenvalue weighted by Gasteiger charge is -2.47. The van der Waals surface area contributed by atoms with E-state index in [4.69, 9.17) is 4.74 Å². The molecule has 1 unspecified atom stereocenters. The Balaban J connectivity index is 1.41. The van der Waals surface area contributed by atoms with Crippen LogP contribution in [0.15, 0.2) is 53.5 Å². The number of ether oxygens (including phenoxy) is 1. The smallest absolute Gasteiger partial charge is 0.273 e. The van der Waals surface area contributed by atoms with Crippen LogP contribution in [0, 0.1) is 0 Å². The maximum absolute atomic E-state index is 13.3. The maximum Gasteiger partial charge on any atom is 0.273 e. The number of aromatic nitrogens is 2. The Hall–Kier alpha value is -2.93. The van der Waals surface area contributed by atoms with Crippen LogP contribution in [0.2, 0.25) is 0 Å². The Morgan fingerprint density at radius 1 is 1.00 bits per heavy atom. The van der Waals surface area contributed by atoms with Gasteiger partial charge in [0.2, 0.25) is 5.79 Å². The summed E-state index contributed by atoms with van der Waals surface area (Å²) in [4.78, 5) is 18.0. The molecule has 1 saturated heterocycles. The lowest BCUT2D eigenvalue weighted by molar-refractivity contribution is 0.0216. The molecule has 1 fully saturated rings. The average molecular weight is 408 g/mol. The molecule has 1 atom stereocenters. The van der Waals surface area contributed by atoms with Crippen LogP contribution in [-0.2, 0) is 18.6 Å². The number of nitrogens with one attached hydrogen (secondary N) is 2. The number of aromatic amines is 1. The second kappa shape index (κ2) is 7.72. The van der Waals surface area contributed by atoms with E-state index in [1.165, 1.54) is 5.69 Å². The van der Waals surface area contributed by atoms with Crippen molar-refractivity contribution in [3.05, 3.63) is 70.3 Å². The number of fused-ring (bicyclic) bond motifs is 1. The molecule has 2 N–H and O–H groups in total. The minimum atomic E-state index is -0.685. The zero-order valence-corrected chi connectivity index (χ0v) is 17.4. The predicted molar refractivity (Wildman–Crippen MR) is 118 cm³/mol. The summed E-state index contributed by atoms with van der Waals surface area (Å²) in [5.74, 6) is 0.185. The SMILES string of the molecule is COc1ccc(N2CCN(C3(n4[nH]c5c(c4=O)CCCC5)C=CC=CN3)CC2)cc1. The van der Waals surface area contributed by atoms with Crippen LogP contribution in [-0.4, -0.2) is 48.0 Å². The van der Waals surface area contributed by atoms with Crippen molar-refractivity contribution in [2.75, 3.05) is 38.2 Å². The Kier molecular flexibility index (Phi) is 4.90. The summed E-state index contributed by atoms with van der Waals surface area (Å²) in [5, 5.41) is 6.95. The Morgan fingerprint density at radius 3 is 2.43 bits per heavy atom. The lowest BCUT2D eigenvalue weighted by atomic mass is 9.98. The molecule has 2 aromatic rings. The van der Waals surface area contributed by atoms with Crippen molar-refractivity contribution in [3.63, 3.8) is 0 Å².